The Morgan fingerprint density at radius 2 is 2.06 bits per heavy atom. The molecular formula is C13H17BrN2. The van der Waals surface area contributed by atoms with Crippen LogP contribution in [-0.2, 0) is 13.0 Å². The van der Waals surface area contributed by atoms with E-state index >= 15 is 0 Å². The van der Waals surface area contributed by atoms with Crippen LogP contribution in [0.1, 0.15) is 25.5 Å². The quantitative estimate of drug-likeness (QED) is 0.602. The molecule has 0 aliphatic heterocycles. The number of hydrogen-bond donors (Lipinski definition) is 0. The second-order valence-corrected chi connectivity index (χ2v) is 4.72. The highest BCUT2D eigenvalue weighted by atomic mass is 79.9. The van der Waals surface area contributed by atoms with Crippen LogP contribution in [0, 0.1) is 0 Å². The van der Waals surface area contributed by atoms with Crippen LogP contribution in [-0.4, -0.2) is 15.1 Å². The van der Waals surface area contributed by atoms with E-state index in [1.54, 1.807) is 0 Å². The van der Waals surface area contributed by atoms with Crippen molar-refractivity contribution in [3.63, 3.8) is 0 Å². The molecule has 0 radical (unpaired) electrons. The van der Waals surface area contributed by atoms with Gasteiger partial charge in [-0.1, -0.05) is 34.1 Å². The number of rotatable bonds is 5. The summed E-state index contributed by atoms with van der Waals surface area (Å²) in [4.78, 5) is 0. The minimum Gasteiger partial charge on any atom is -0.265 e. The van der Waals surface area contributed by atoms with Crippen molar-refractivity contribution in [3.8, 4) is 0 Å². The van der Waals surface area contributed by atoms with Gasteiger partial charge in [0.1, 0.15) is 0 Å². The first-order chi connectivity index (χ1) is 7.86. The van der Waals surface area contributed by atoms with E-state index in [1.807, 2.05) is 0 Å². The van der Waals surface area contributed by atoms with E-state index in [9.17, 15) is 0 Å². The molecule has 1 heterocycles. The van der Waals surface area contributed by atoms with E-state index in [0.717, 1.165) is 18.3 Å². The van der Waals surface area contributed by atoms with E-state index in [1.165, 1.54) is 29.4 Å². The van der Waals surface area contributed by atoms with Gasteiger partial charge in [-0.25, -0.2) is 0 Å². The highest BCUT2D eigenvalue weighted by Crippen LogP contribution is 2.20. The Kier molecular flexibility index (Phi) is 3.99. The maximum atomic E-state index is 4.68. The van der Waals surface area contributed by atoms with Crippen LogP contribution in [0.3, 0.4) is 0 Å². The van der Waals surface area contributed by atoms with Gasteiger partial charge in [-0.3, -0.25) is 4.68 Å². The number of nitrogens with zero attached hydrogens (tertiary/aromatic N) is 2. The minimum atomic E-state index is 0.943. The molecule has 16 heavy (non-hydrogen) atoms. The summed E-state index contributed by atoms with van der Waals surface area (Å²) in [6.07, 6.45) is 3.50. The van der Waals surface area contributed by atoms with Crippen LogP contribution in [0.25, 0.3) is 10.9 Å². The van der Waals surface area contributed by atoms with E-state index < -0.39 is 0 Å². The van der Waals surface area contributed by atoms with Gasteiger partial charge in [-0.05, 0) is 32.3 Å². The Bertz CT molecular complexity index is 462. The zero-order valence-corrected chi connectivity index (χ0v) is 11.2. The molecule has 0 aliphatic carbocycles. The summed E-state index contributed by atoms with van der Waals surface area (Å²) < 4.78 is 2.10. The molecular weight excluding hydrogens is 264 g/mol. The van der Waals surface area contributed by atoms with Gasteiger partial charge in [0.2, 0.25) is 0 Å². The summed E-state index contributed by atoms with van der Waals surface area (Å²) in [5, 5.41) is 7.08. The lowest BCUT2D eigenvalue weighted by atomic mass is 10.1. The molecule has 0 saturated heterocycles. The van der Waals surface area contributed by atoms with Gasteiger partial charge in [0, 0.05) is 17.3 Å². The fraction of sp³-hybridized carbons (Fsp3) is 0.462. The average Bonchev–Trinajstić information content (AvgIpc) is 2.68. The molecule has 2 rings (SSSR count). The normalized spacial score (nSPS) is 11.1. The fourth-order valence-corrected chi connectivity index (χ4v) is 2.41. The van der Waals surface area contributed by atoms with Crippen molar-refractivity contribution in [3.05, 3.63) is 30.0 Å². The number of fused-ring (bicyclic) bond motifs is 1. The zero-order chi connectivity index (χ0) is 11.4. The number of benzene rings is 1. The lowest BCUT2D eigenvalue weighted by Gasteiger charge is -1.95. The Balaban J connectivity index is 2.30. The predicted molar refractivity (Wildman–Crippen MR) is 72.1 cm³/mol. The smallest absolute Gasteiger partial charge is 0.0703 e. The van der Waals surface area contributed by atoms with Gasteiger partial charge >= 0.3 is 0 Å². The second-order valence-electron chi connectivity index (χ2n) is 3.93. The number of halogens is 1. The third-order valence-electron chi connectivity index (χ3n) is 2.83. The minimum absolute atomic E-state index is 0.943. The van der Waals surface area contributed by atoms with Crippen molar-refractivity contribution < 1.29 is 0 Å². The molecule has 1 aromatic heterocycles. The van der Waals surface area contributed by atoms with Crippen molar-refractivity contribution in [1.29, 1.82) is 0 Å². The van der Waals surface area contributed by atoms with E-state index in [2.05, 4.69) is 56.9 Å². The molecule has 2 nitrogen and oxygen atoms in total. The van der Waals surface area contributed by atoms with Crippen LogP contribution >= 0.6 is 15.9 Å². The molecule has 1 aromatic carbocycles. The molecule has 0 amide bonds. The summed E-state index contributed by atoms with van der Waals surface area (Å²) in [6.45, 7) is 3.08. The fourth-order valence-electron chi connectivity index (χ4n) is 2.01. The number of aryl methyl sites for hydroxylation is 2. The Morgan fingerprint density at radius 1 is 1.25 bits per heavy atom. The van der Waals surface area contributed by atoms with Crippen LogP contribution < -0.4 is 0 Å². The maximum Gasteiger partial charge on any atom is 0.0703 e. The summed E-state index contributed by atoms with van der Waals surface area (Å²) in [5.41, 5.74) is 2.51. The molecule has 2 aromatic rings. The molecule has 0 unspecified atom stereocenters. The number of para-hydroxylation sites is 1. The molecule has 0 atom stereocenters. The molecule has 0 saturated carbocycles. The third-order valence-corrected chi connectivity index (χ3v) is 3.39. The number of hydrogen-bond acceptors (Lipinski definition) is 1. The van der Waals surface area contributed by atoms with Gasteiger partial charge in [0.15, 0.2) is 0 Å². The summed E-state index contributed by atoms with van der Waals surface area (Å²) in [5.74, 6) is 0. The summed E-state index contributed by atoms with van der Waals surface area (Å²) in [6, 6.07) is 8.51. The summed E-state index contributed by atoms with van der Waals surface area (Å²) >= 11 is 3.47. The molecule has 3 heteroatoms. The maximum absolute atomic E-state index is 4.68. The van der Waals surface area contributed by atoms with Crippen LogP contribution in [0.15, 0.2) is 24.3 Å². The first-order valence-electron chi connectivity index (χ1n) is 5.87. The highest BCUT2D eigenvalue weighted by molar-refractivity contribution is 9.09. The second kappa shape index (κ2) is 5.48. The van der Waals surface area contributed by atoms with E-state index in [-0.39, 0.29) is 0 Å². The van der Waals surface area contributed by atoms with Gasteiger partial charge < -0.3 is 0 Å². The van der Waals surface area contributed by atoms with Crippen LogP contribution in [0.5, 0.6) is 0 Å². The van der Waals surface area contributed by atoms with Gasteiger partial charge in [0.05, 0.1) is 11.2 Å². The van der Waals surface area contributed by atoms with Gasteiger partial charge in [-0.2, -0.15) is 5.10 Å². The van der Waals surface area contributed by atoms with Gasteiger partial charge in [-0.15, -0.1) is 0 Å². The molecule has 0 fully saturated rings. The predicted octanol–water partition coefficient (Wildman–Crippen LogP) is 3.77. The lowest BCUT2D eigenvalue weighted by molar-refractivity contribution is 0.658. The van der Waals surface area contributed by atoms with Crippen molar-refractivity contribution in [2.24, 2.45) is 0 Å². The first-order valence-corrected chi connectivity index (χ1v) is 6.99. The number of aromatic nitrogens is 2. The lowest BCUT2D eigenvalue weighted by Crippen LogP contribution is -1.97. The number of alkyl halides is 1. The largest absolute Gasteiger partial charge is 0.265 e. The van der Waals surface area contributed by atoms with Crippen molar-refractivity contribution >= 4 is 26.8 Å². The molecule has 86 valence electrons. The van der Waals surface area contributed by atoms with Crippen LogP contribution in [0.2, 0.25) is 0 Å². The van der Waals surface area contributed by atoms with Gasteiger partial charge in [0.25, 0.3) is 0 Å². The standard InChI is InChI=1S/C13H17BrN2/c1-2-16-13-9-4-3-7-11(13)12(15-16)8-5-6-10-14/h3-4,7,9H,2,5-6,8,10H2,1H3. The summed E-state index contributed by atoms with van der Waals surface area (Å²) in [7, 11) is 0. The Morgan fingerprint density at radius 3 is 2.81 bits per heavy atom. The first kappa shape index (κ1) is 11.6. The van der Waals surface area contributed by atoms with Crippen molar-refractivity contribution in [2.45, 2.75) is 32.7 Å². The Hall–Kier alpha value is -0.830. The molecule has 0 N–H and O–H groups in total. The van der Waals surface area contributed by atoms with Crippen molar-refractivity contribution in [1.82, 2.24) is 9.78 Å². The average molecular weight is 281 g/mol. The molecule has 0 bridgehead atoms. The van der Waals surface area contributed by atoms with E-state index in [4.69, 9.17) is 0 Å². The Labute approximate surface area is 105 Å². The molecule has 0 spiro atoms. The number of unbranched alkanes of at least 4 members (excludes halogenated alkanes) is 1. The van der Waals surface area contributed by atoms with E-state index in [0.29, 0.717) is 0 Å². The zero-order valence-electron chi connectivity index (χ0n) is 9.62. The molecule has 0 aliphatic rings. The third kappa shape index (κ3) is 2.29. The van der Waals surface area contributed by atoms with Crippen molar-refractivity contribution in [2.75, 3.05) is 5.33 Å². The monoisotopic (exact) mass is 280 g/mol. The SMILES string of the molecule is CCn1nc(CCCCBr)c2ccccc21. The topological polar surface area (TPSA) is 17.8 Å². The van der Waals surface area contributed by atoms with Crippen LogP contribution in [0.4, 0.5) is 0 Å². The highest BCUT2D eigenvalue weighted by Gasteiger charge is 2.07.